The van der Waals surface area contributed by atoms with Crippen LogP contribution >= 0.6 is 0 Å². The SMILES string of the molecule is c1ccc(C2Nc3cc4[nH]c5ccccc5c4cc3O2)cc1. The first-order valence-electron chi connectivity index (χ1n) is 7.41. The Labute approximate surface area is 127 Å². The van der Waals surface area contributed by atoms with Crippen LogP contribution in [0, 0.1) is 0 Å². The van der Waals surface area contributed by atoms with Crippen molar-refractivity contribution in [3.05, 3.63) is 72.3 Å². The summed E-state index contributed by atoms with van der Waals surface area (Å²) < 4.78 is 6.09. The van der Waals surface area contributed by atoms with Crippen LogP contribution in [-0.4, -0.2) is 4.98 Å². The third kappa shape index (κ3) is 1.62. The zero-order chi connectivity index (χ0) is 14.5. The number of H-pyrrole nitrogens is 1. The number of benzene rings is 3. The fraction of sp³-hybridized carbons (Fsp3) is 0.0526. The van der Waals surface area contributed by atoms with E-state index in [4.69, 9.17) is 4.74 Å². The molecule has 106 valence electrons. The molecule has 1 atom stereocenters. The predicted octanol–water partition coefficient (Wildman–Crippen LogP) is 4.82. The molecule has 0 radical (unpaired) electrons. The molecule has 0 saturated heterocycles. The summed E-state index contributed by atoms with van der Waals surface area (Å²) in [5.74, 6) is 0.908. The van der Waals surface area contributed by atoms with Gasteiger partial charge in [-0.05, 0) is 18.2 Å². The summed E-state index contributed by atoms with van der Waals surface area (Å²) in [6.45, 7) is 0. The number of nitrogens with one attached hydrogen (secondary N) is 2. The smallest absolute Gasteiger partial charge is 0.196 e. The molecule has 1 aliphatic rings. The van der Waals surface area contributed by atoms with Crippen LogP contribution in [0.15, 0.2) is 66.7 Å². The average Bonchev–Trinajstić information content (AvgIpc) is 3.14. The van der Waals surface area contributed by atoms with Gasteiger partial charge in [0, 0.05) is 27.4 Å². The highest BCUT2D eigenvalue weighted by Crippen LogP contribution is 2.41. The molecule has 3 aromatic carbocycles. The molecule has 3 nitrogen and oxygen atoms in total. The monoisotopic (exact) mass is 286 g/mol. The standard InChI is InChI=1S/C19H14N2O/c1-2-6-12(7-3-1)19-21-17-11-16-14(10-18(17)22-19)13-8-4-5-9-15(13)20-16/h1-11,19-21H. The van der Waals surface area contributed by atoms with Crippen molar-refractivity contribution in [2.45, 2.75) is 6.23 Å². The summed E-state index contributed by atoms with van der Waals surface area (Å²) in [5.41, 5.74) is 4.45. The molecule has 3 heteroatoms. The summed E-state index contributed by atoms with van der Waals surface area (Å²) in [6, 6.07) is 22.8. The lowest BCUT2D eigenvalue weighted by Gasteiger charge is -2.10. The Kier molecular flexibility index (Phi) is 2.27. The number of hydrogen-bond acceptors (Lipinski definition) is 2. The molecule has 1 aromatic heterocycles. The number of aromatic amines is 1. The van der Waals surface area contributed by atoms with Gasteiger partial charge in [-0.2, -0.15) is 0 Å². The van der Waals surface area contributed by atoms with Crippen molar-refractivity contribution in [2.24, 2.45) is 0 Å². The maximum atomic E-state index is 6.09. The van der Waals surface area contributed by atoms with Gasteiger partial charge in [0.15, 0.2) is 6.23 Å². The molecule has 1 aliphatic heterocycles. The van der Waals surface area contributed by atoms with Crippen molar-refractivity contribution in [2.75, 3.05) is 5.32 Å². The quantitative estimate of drug-likeness (QED) is 0.526. The molecule has 0 fully saturated rings. The van der Waals surface area contributed by atoms with Crippen molar-refractivity contribution in [3.63, 3.8) is 0 Å². The van der Waals surface area contributed by atoms with Gasteiger partial charge in [-0.3, -0.25) is 0 Å². The van der Waals surface area contributed by atoms with Crippen molar-refractivity contribution in [1.82, 2.24) is 4.98 Å². The minimum atomic E-state index is -0.117. The first-order chi connectivity index (χ1) is 10.9. The molecule has 0 amide bonds. The summed E-state index contributed by atoms with van der Waals surface area (Å²) in [6.07, 6.45) is -0.117. The lowest BCUT2D eigenvalue weighted by Crippen LogP contribution is -2.09. The third-order valence-electron chi connectivity index (χ3n) is 4.24. The van der Waals surface area contributed by atoms with E-state index in [-0.39, 0.29) is 6.23 Å². The largest absolute Gasteiger partial charge is 0.464 e. The molecular formula is C19H14N2O. The molecular weight excluding hydrogens is 272 g/mol. The van der Waals surface area contributed by atoms with Gasteiger partial charge in [-0.25, -0.2) is 0 Å². The number of hydrogen-bond donors (Lipinski definition) is 2. The highest BCUT2D eigenvalue weighted by molar-refractivity contribution is 6.09. The topological polar surface area (TPSA) is 37.0 Å². The molecule has 0 aliphatic carbocycles. The zero-order valence-electron chi connectivity index (χ0n) is 11.8. The van der Waals surface area contributed by atoms with Crippen molar-refractivity contribution < 1.29 is 4.74 Å². The number of aromatic nitrogens is 1. The number of rotatable bonds is 1. The van der Waals surface area contributed by atoms with Gasteiger partial charge in [0.1, 0.15) is 5.75 Å². The first kappa shape index (κ1) is 11.7. The molecule has 0 spiro atoms. The van der Waals surface area contributed by atoms with Gasteiger partial charge in [0.25, 0.3) is 0 Å². The summed E-state index contributed by atoms with van der Waals surface area (Å²) in [7, 11) is 0. The van der Waals surface area contributed by atoms with Gasteiger partial charge in [0.2, 0.25) is 0 Å². The minimum absolute atomic E-state index is 0.117. The van der Waals surface area contributed by atoms with E-state index in [1.165, 1.54) is 10.8 Å². The molecule has 2 N–H and O–H groups in total. The van der Waals surface area contributed by atoms with Gasteiger partial charge >= 0.3 is 0 Å². The second-order valence-corrected chi connectivity index (χ2v) is 5.62. The number of fused-ring (bicyclic) bond motifs is 4. The van der Waals surface area contributed by atoms with E-state index >= 15 is 0 Å². The second-order valence-electron chi connectivity index (χ2n) is 5.62. The van der Waals surface area contributed by atoms with Crippen LogP contribution in [0.3, 0.4) is 0 Å². The fourth-order valence-corrected chi connectivity index (χ4v) is 3.17. The van der Waals surface area contributed by atoms with Crippen LogP contribution in [0.4, 0.5) is 5.69 Å². The van der Waals surface area contributed by atoms with Crippen LogP contribution in [0.5, 0.6) is 5.75 Å². The molecule has 5 rings (SSSR count). The predicted molar refractivity (Wildman–Crippen MR) is 89.2 cm³/mol. The Morgan fingerprint density at radius 2 is 1.59 bits per heavy atom. The Morgan fingerprint density at radius 1 is 0.773 bits per heavy atom. The summed E-state index contributed by atoms with van der Waals surface area (Å²) in [4.78, 5) is 3.47. The number of para-hydroxylation sites is 1. The third-order valence-corrected chi connectivity index (χ3v) is 4.24. The normalized spacial score (nSPS) is 16.5. The first-order valence-corrected chi connectivity index (χ1v) is 7.41. The lowest BCUT2D eigenvalue weighted by atomic mass is 10.1. The van der Waals surface area contributed by atoms with E-state index in [1.54, 1.807) is 0 Å². The van der Waals surface area contributed by atoms with Crippen molar-refractivity contribution in [1.29, 1.82) is 0 Å². The molecule has 4 aromatic rings. The van der Waals surface area contributed by atoms with Crippen molar-refractivity contribution >= 4 is 27.5 Å². The van der Waals surface area contributed by atoms with E-state index in [1.807, 2.05) is 24.3 Å². The summed E-state index contributed by atoms with van der Waals surface area (Å²) >= 11 is 0. The minimum Gasteiger partial charge on any atom is -0.464 e. The highest BCUT2D eigenvalue weighted by atomic mass is 16.5. The molecule has 22 heavy (non-hydrogen) atoms. The van der Waals surface area contributed by atoms with E-state index < -0.39 is 0 Å². The van der Waals surface area contributed by atoms with Crippen LogP contribution in [-0.2, 0) is 0 Å². The van der Waals surface area contributed by atoms with E-state index in [2.05, 4.69) is 52.8 Å². The molecule has 0 bridgehead atoms. The Morgan fingerprint density at radius 3 is 2.50 bits per heavy atom. The molecule has 0 saturated carbocycles. The lowest BCUT2D eigenvalue weighted by molar-refractivity contribution is 0.260. The van der Waals surface area contributed by atoms with Gasteiger partial charge in [-0.15, -0.1) is 0 Å². The van der Waals surface area contributed by atoms with Crippen molar-refractivity contribution in [3.8, 4) is 5.75 Å². The van der Waals surface area contributed by atoms with Crippen LogP contribution in [0.25, 0.3) is 21.8 Å². The van der Waals surface area contributed by atoms with E-state index in [9.17, 15) is 0 Å². The summed E-state index contributed by atoms with van der Waals surface area (Å²) in [5, 5.41) is 5.87. The van der Waals surface area contributed by atoms with Crippen LogP contribution in [0.1, 0.15) is 11.8 Å². The maximum absolute atomic E-state index is 6.09. The zero-order valence-corrected chi connectivity index (χ0v) is 11.8. The van der Waals surface area contributed by atoms with Crippen LogP contribution in [0.2, 0.25) is 0 Å². The number of anilines is 1. The second kappa shape index (κ2) is 4.28. The number of ether oxygens (including phenoxy) is 1. The Bertz CT molecular complexity index is 988. The van der Waals surface area contributed by atoms with Gasteiger partial charge < -0.3 is 15.0 Å². The average molecular weight is 286 g/mol. The Hall–Kier alpha value is -2.94. The van der Waals surface area contributed by atoms with E-state index in [0.29, 0.717) is 0 Å². The maximum Gasteiger partial charge on any atom is 0.196 e. The molecule has 2 heterocycles. The van der Waals surface area contributed by atoms with E-state index in [0.717, 1.165) is 28.0 Å². The van der Waals surface area contributed by atoms with Gasteiger partial charge in [0.05, 0.1) is 5.69 Å². The Balaban J connectivity index is 1.64. The molecule has 1 unspecified atom stereocenters. The van der Waals surface area contributed by atoms with Gasteiger partial charge in [-0.1, -0.05) is 48.5 Å². The van der Waals surface area contributed by atoms with Crippen LogP contribution < -0.4 is 10.1 Å². The fourth-order valence-electron chi connectivity index (χ4n) is 3.17. The highest BCUT2D eigenvalue weighted by Gasteiger charge is 2.24.